The van der Waals surface area contributed by atoms with Crippen LogP contribution in [0.3, 0.4) is 0 Å². The number of nitrogens with zero attached hydrogens (tertiary/aromatic N) is 18. The number of nitrogens with one attached hydrogen (secondary N) is 18. The molecule has 0 fully saturated rings. The highest BCUT2D eigenvalue weighted by molar-refractivity contribution is 7.99. The van der Waals surface area contributed by atoms with E-state index in [0.717, 1.165) is 15.4 Å². The van der Waals surface area contributed by atoms with Crippen LogP contribution in [-0.2, 0) is 0 Å². The van der Waals surface area contributed by atoms with Gasteiger partial charge in [-0.3, -0.25) is 97.8 Å². The van der Waals surface area contributed by atoms with Crippen molar-refractivity contribution in [3.8, 4) is 0 Å². The van der Waals surface area contributed by atoms with Gasteiger partial charge in [-0.2, -0.15) is 39.9 Å². The number of aromatic nitrogens is 36. The molecule has 18 aromatic heterocycles. The maximum atomic E-state index is 11.7. The van der Waals surface area contributed by atoms with Gasteiger partial charge in [-0.05, 0) is 79.2 Å². The molecular weight excluding hydrogens is 1710 g/mol. The van der Waals surface area contributed by atoms with Crippen LogP contribution in [0.5, 0.6) is 0 Å². The van der Waals surface area contributed by atoms with Crippen LogP contribution in [-0.4, -0.2) is 179 Å². The maximum Gasteiger partial charge on any atom is 0.278 e. The average Bonchev–Trinajstić information content (AvgIpc) is 1.74. The van der Waals surface area contributed by atoms with E-state index in [1.807, 2.05) is 62.4 Å². The lowest BCUT2D eigenvalue weighted by molar-refractivity contribution is 1.07. The Kier molecular flexibility index (Phi) is 28.5. The Morgan fingerprint density at radius 3 is 0.891 bits per heavy atom. The van der Waals surface area contributed by atoms with Gasteiger partial charge in [0.1, 0.15) is 29.0 Å². The molecule has 59 heteroatoms. The van der Waals surface area contributed by atoms with Gasteiger partial charge in [-0.25, -0.2) is 49.8 Å². The lowest BCUT2D eigenvalue weighted by atomic mass is 10.2. The summed E-state index contributed by atoms with van der Waals surface area (Å²) in [5, 5.41) is 1.23. The van der Waals surface area contributed by atoms with E-state index < -0.39 is 0 Å². The fraction of sp³-hybridized carbons (Fsp3) is 0.130. The van der Waals surface area contributed by atoms with Crippen molar-refractivity contribution in [2.75, 3.05) is 63.1 Å². The largest absolute Gasteiger partial charge is 0.393 e. The Morgan fingerprint density at radius 1 is 0.273 bits per heavy atom. The zero-order chi connectivity index (χ0) is 91.9. The van der Waals surface area contributed by atoms with Crippen LogP contribution in [0.15, 0.2) is 135 Å². The first kappa shape index (κ1) is 91.8. The van der Waals surface area contributed by atoms with E-state index in [0.29, 0.717) is 134 Å². The second-order valence-electron chi connectivity index (χ2n) is 25.9. The highest BCUT2D eigenvalue weighted by atomic mass is 32.2. The van der Waals surface area contributed by atoms with Gasteiger partial charge in [0.2, 0.25) is 59.5 Å². The number of fused-ring (bicyclic) bond motifs is 8. The minimum absolute atomic E-state index is 0. The predicted octanol–water partition coefficient (Wildman–Crippen LogP) is -0.481. The summed E-state index contributed by atoms with van der Waals surface area (Å²) in [5.41, 5.74) is 64.6. The van der Waals surface area contributed by atoms with Crippen molar-refractivity contribution >= 4 is 178 Å². The van der Waals surface area contributed by atoms with Gasteiger partial charge in [-0.1, -0.05) is 66.8 Å². The predicted molar refractivity (Wildman–Crippen MR) is 480 cm³/mol. The van der Waals surface area contributed by atoms with Crippen LogP contribution >= 0.6 is 23.5 Å². The van der Waals surface area contributed by atoms with Crippen LogP contribution in [0, 0.1) is 55.4 Å². The highest BCUT2D eigenvalue weighted by Crippen LogP contribution is 2.29. The zero-order valence-electron chi connectivity index (χ0n) is 67.2. The molecule has 2 aromatic carbocycles. The van der Waals surface area contributed by atoms with Gasteiger partial charge in [-0.15, -0.1) is 0 Å². The Bertz CT molecular complexity index is 7570. The van der Waals surface area contributed by atoms with Gasteiger partial charge >= 0.3 is 0 Å². The van der Waals surface area contributed by atoms with Gasteiger partial charge in [0.25, 0.3) is 55.6 Å². The third kappa shape index (κ3) is 23.8. The number of imidazole rings is 8. The molecule has 57 nitrogen and oxygen atoms in total. The third-order valence-corrected chi connectivity index (χ3v) is 17.9. The molecule has 128 heavy (non-hydrogen) atoms. The first-order valence-electron chi connectivity index (χ1n) is 36.0. The monoisotopic (exact) mass is 1790 g/mol. The normalized spacial score (nSPS) is 10.5. The summed E-state index contributed by atoms with van der Waals surface area (Å²) >= 11 is 2.89. The number of aryl methyl sites for hydroxylation is 8. The summed E-state index contributed by atoms with van der Waals surface area (Å²) < 4.78 is 0. The zero-order valence-corrected chi connectivity index (χ0v) is 68.8. The van der Waals surface area contributed by atoms with Crippen LogP contribution in [0.1, 0.15) is 53.2 Å². The van der Waals surface area contributed by atoms with E-state index in [1.54, 1.807) is 41.5 Å². The lowest BCUT2D eigenvalue weighted by Crippen LogP contribution is -2.16. The summed E-state index contributed by atoms with van der Waals surface area (Å²) in [7, 11) is 0. The molecule has 0 spiro atoms. The van der Waals surface area contributed by atoms with Gasteiger partial charge < -0.3 is 103 Å². The average molecular weight is 1790 g/mol. The Hall–Kier alpha value is -18.5. The van der Waals surface area contributed by atoms with Crippen LogP contribution < -0.4 is 119 Å². The Labute approximate surface area is 716 Å². The molecular formula is C69H79N47O10S2. The number of aromatic amines is 18. The number of benzene rings is 2. The second kappa shape index (κ2) is 39.8. The smallest absolute Gasteiger partial charge is 0.278 e. The molecule has 0 aliphatic rings. The summed E-state index contributed by atoms with van der Waals surface area (Å²) in [5.74, 6) is 3.47. The summed E-state index contributed by atoms with van der Waals surface area (Å²) in [4.78, 5) is 230. The van der Waals surface area contributed by atoms with E-state index in [-0.39, 0.29) is 128 Å². The number of anilines is 11. The molecule has 20 rings (SSSR count). The molecule has 0 bridgehead atoms. The Morgan fingerprint density at radius 2 is 0.562 bits per heavy atom. The molecule has 0 unspecified atom stereocenters. The molecule has 0 atom stereocenters. The highest BCUT2D eigenvalue weighted by Gasteiger charge is 2.15. The number of hydrogen-bond acceptors (Lipinski definition) is 41. The van der Waals surface area contributed by atoms with Crippen molar-refractivity contribution in [1.82, 2.24) is 179 Å². The standard InChI is InChI=1S/2C12H11N5OS.4C6H7N5O.2C5H5N5O.C5H8N4O.C5H7N3O.CH4/c1-6-2-4-7(5-3-6)19-12-14-8-9(16-12)15-11(13)17-10(8)18;1-6-4-2-3-5-7(6)19-12-14-8-9(16-12)15-11(13)17-10(8)18;4*1-2-8-3-4(9-2)10-6(7)11-5(3)12;2*6-5-9-3-2(4(11)10-5)7-1-8-3;1-2-3(6)4(10)9-5(7)8-2;1-3-2-4(9)8-5(6)7-3;/h2*2-5H,1H3,(H4,13,14,15,16,17,18);4*1H3,(H4,7,8,9,10,11,12);2*1H,(H4,6,7,8,9,10,11);6H2,1H3,(H3,7,8,9,10);2H,1H3,(H3,6,7,8,9);1H4. The lowest BCUT2D eigenvalue weighted by Gasteiger charge is -2.01. The van der Waals surface area contributed by atoms with Gasteiger partial charge in [0.15, 0.2) is 99.6 Å². The minimum atomic E-state index is -0.384. The molecule has 0 aliphatic carbocycles. The van der Waals surface area contributed by atoms with Crippen molar-refractivity contribution in [1.29, 1.82) is 0 Å². The quantitative estimate of drug-likeness (QED) is 0.106. The topological polar surface area (TPSA) is 973 Å². The van der Waals surface area contributed by atoms with Crippen molar-refractivity contribution in [2.45, 2.75) is 82.9 Å². The molecule has 0 aliphatic heterocycles. The van der Waals surface area contributed by atoms with Crippen LogP contribution in [0.2, 0.25) is 0 Å². The van der Waals surface area contributed by atoms with Crippen molar-refractivity contribution in [3.63, 3.8) is 0 Å². The number of nitrogens with two attached hydrogens (primary N) is 11. The first-order valence-corrected chi connectivity index (χ1v) is 37.6. The molecule has 0 amide bonds. The van der Waals surface area contributed by atoms with Crippen LogP contribution in [0.4, 0.5) is 65.2 Å². The van der Waals surface area contributed by atoms with Crippen molar-refractivity contribution in [2.24, 2.45) is 0 Å². The van der Waals surface area contributed by atoms with E-state index in [9.17, 15) is 47.9 Å². The number of rotatable bonds is 4. The van der Waals surface area contributed by atoms with E-state index >= 15 is 0 Å². The molecule has 0 saturated heterocycles. The molecule has 18 heterocycles. The molecule has 0 saturated carbocycles. The van der Waals surface area contributed by atoms with Crippen molar-refractivity contribution in [3.05, 3.63) is 217 Å². The van der Waals surface area contributed by atoms with E-state index in [2.05, 4.69) is 179 Å². The van der Waals surface area contributed by atoms with Gasteiger partial charge in [0.05, 0.1) is 18.3 Å². The molecule has 0 radical (unpaired) electrons. The number of nitrogen functional groups attached to an aromatic ring is 11. The summed E-state index contributed by atoms with van der Waals surface area (Å²) in [6.07, 6.45) is 2.79. The Balaban J connectivity index is 0.000000149. The molecule has 40 N–H and O–H groups in total. The third-order valence-electron chi connectivity index (χ3n) is 15.9. The number of hydrogen-bond donors (Lipinski definition) is 29. The molecule has 662 valence electrons. The SMILES string of the molecule is C.Cc1cc(=O)[nH]c(N)n1.Cc1ccc(Sc2nc3nc(N)[nH]c(=O)c3[nH]2)cc1.Cc1ccccc1Sc1nc2nc(N)[nH]c(=O)c2[nH]1.Cc1nc(N)[nH]c(=O)c1N.Cc1nc2nc(N)[nH]c(=O)c2[nH]1.Cc1nc2nc(N)[nH]c(=O)c2[nH]1.Cc1nc2nc(N)[nH]c(=O)c2[nH]1.Cc1nc2nc(N)[nH]c(=O)c2[nH]1.Nc1nc2nc[nH]c2c(=O)[nH]1.Nc1nc2nc[nH]c2c(=O)[nH]1. The van der Waals surface area contributed by atoms with E-state index in [1.165, 1.54) is 47.8 Å². The van der Waals surface area contributed by atoms with E-state index in [4.69, 9.17) is 63.1 Å². The van der Waals surface area contributed by atoms with Crippen LogP contribution in [0.25, 0.3) is 89.3 Å². The first-order chi connectivity index (χ1) is 60.2. The van der Waals surface area contributed by atoms with Gasteiger partial charge in [0, 0.05) is 21.6 Å². The van der Waals surface area contributed by atoms with Crippen molar-refractivity contribution < 1.29 is 0 Å². The number of H-pyrrole nitrogens is 18. The summed E-state index contributed by atoms with van der Waals surface area (Å²) in [6.45, 7) is 14.4. The fourth-order valence-corrected chi connectivity index (χ4v) is 12.1. The molecule has 20 aromatic rings. The fourth-order valence-electron chi connectivity index (χ4n) is 10.5. The summed E-state index contributed by atoms with van der Waals surface area (Å²) in [6, 6.07) is 17.4. The second-order valence-corrected chi connectivity index (χ2v) is 28.0. The minimum Gasteiger partial charge on any atom is -0.393 e. The maximum absolute atomic E-state index is 11.7.